The highest BCUT2D eigenvalue weighted by molar-refractivity contribution is 5.91. The van der Waals surface area contributed by atoms with Crippen molar-refractivity contribution in [1.29, 1.82) is 0 Å². The second-order valence-electron chi connectivity index (χ2n) is 3.70. The summed E-state index contributed by atoms with van der Waals surface area (Å²) in [4.78, 5) is 27.2. The van der Waals surface area contributed by atoms with Crippen molar-refractivity contribution >= 4 is 17.6 Å². The number of primary amides is 1. The van der Waals surface area contributed by atoms with E-state index in [4.69, 9.17) is 10.8 Å². The van der Waals surface area contributed by atoms with Gasteiger partial charge in [0.15, 0.2) is 0 Å². The summed E-state index contributed by atoms with van der Waals surface area (Å²) in [5.74, 6) is -1.71. The lowest BCUT2D eigenvalue weighted by Crippen LogP contribution is -2.50. The summed E-state index contributed by atoms with van der Waals surface area (Å²) in [5.41, 5.74) is 6.07. The molecule has 0 atom stereocenters. The fourth-order valence-electron chi connectivity index (χ4n) is 1.60. The number of carbonyl (C=O) groups excluding carboxylic acids is 1. The van der Waals surface area contributed by atoms with Gasteiger partial charge in [-0.2, -0.15) is 0 Å². The smallest absolute Gasteiger partial charge is 0.310 e. The Bertz CT molecular complexity index is 441. The standard InChI is InChI=1S/C10H11N3O3/c11-9(14)8-3-7(1-2-12-8)13-4-6(5-13)10(15)16/h1-3,6H,4-5H2,(H2,11,14)(H,15,16). The third-order valence-electron chi connectivity index (χ3n) is 2.59. The molecule has 6 nitrogen and oxygen atoms in total. The van der Waals surface area contributed by atoms with E-state index in [2.05, 4.69) is 4.98 Å². The van der Waals surface area contributed by atoms with Crippen molar-refractivity contribution in [1.82, 2.24) is 4.98 Å². The summed E-state index contributed by atoms with van der Waals surface area (Å²) < 4.78 is 0. The number of nitrogens with zero attached hydrogens (tertiary/aromatic N) is 2. The quantitative estimate of drug-likeness (QED) is 0.730. The molecule has 2 heterocycles. The normalized spacial score (nSPS) is 15.6. The molecular formula is C10H11N3O3. The van der Waals surface area contributed by atoms with Crippen LogP contribution in [-0.4, -0.2) is 35.1 Å². The Morgan fingerprint density at radius 3 is 2.75 bits per heavy atom. The van der Waals surface area contributed by atoms with Crippen LogP contribution in [0.2, 0.25) is 0 Å². The van der Waals surface area contributed by atoms with Crippen LogP contribution in [0.25, 0.3) is 0 Å². The van der Waals surface area contributed by atoms with E-state index in [9.17, 15) is 9.59 Å². The van der Waals surface area contributed by atoms with Crippen molar-refractivity contribution in [2.24, 2.45) is 11.7 Å². The Morgan fingerprint density at radius 2 is 2.19 bits per heavy atom. The van der Waals surface area contributed by atoms with Crippen LogP contribution in [0.1, 0.15) is 10.5 Å². The molecule has 0 spiro atoms. The molecule has 16 heavy (non-hydrogen) atoms. The lowest BCUT2D eigenvalue weighted by Gasteiger charge is -2.38. The highest BCUT2D eigenvalue weighted by atomic mass is 16.4. The largest absolute Gasteiger partial charge is 0.481 e. The monoisotopic (exact) mass is 221 g/mol. The van der Waals surface area contributed by atoms with Crippen molar-refractivity contribution in [2.45, 2.75) is 0 Å². The average Bonchev–Trinajstić information content (AvgIpc) is 2.15. The molecule has 1 aromatic rings. The molecular weight excluding hydrogens is 210 g/mol. The summed E-state index contributed by atoms with van der Waals surface area (Å²) >= 11 is 0. The maximum Gasteiger partial charge on any atom is 0.310 e. The average molecular weight is 221 g/mol. The number of anilines is 1. The predicted molar refractivity (Wildman–Crippen MR) is 56.1 cm³/mol. The summed E-state index contributed by atoms with van der Waals surface area (Å²) in [6.07, 6.45) is 1.49. The summed E-state index contributed by atoms with van der Waals surface area (Å²) in [6.45, 7) is 0.912. The van der Waals surface area contributed by atoms with Gasteiger partial charge in [-0.25, -0.2) is 0 Å². The van der Waals surface area contributed by atoms with E-state index in [-0.39, 0.29) is 11.6 Å². The van der Waals surface area contributed by atoms with Crippen LogP contribution in [0.3, 0.4) is 0 Å². The molecule has 3 N–H and O–H groups in total. The van der Waals surface area contributed by atoms with Crippen LogP contribution < -0.4 is 10.6 Å². The van der Waals surface area contributed by atoms with Gasteiger partial charge >= 0.3 is 5.97 Å². The zero-order valence-electron chi connectivity index (χ0n) is 8.46. The molecule has 0 unspecified atom stereocenters. The summed E-state index contributed by atoms with van der Waals surface area (Å²) in [5, 5.41) is 8.73. The Kier molecular flexibility index (Phi) is 2.47. The second-order valence-corrected chi connectivity index (χ2v) is 3.70. The first-order valence-electron chi connectivity index (χ1n) is 4.81. The summed E-state index contributed by atoms with van der Waals surface area (Å²) in [6, 6.07) is 3.30. The van der Waals surface area contributed by atoms with Crippen molar-refractivity contribution in [3.63, 3.8) is 0 Å². The first kappa shape index (κ1) is 10.4. The molecule has 1 aliphatic heterocycles. The molecule has 0 aliphatic carbocycles. The number of aliphatic carboxylic acids is 1. The maximum atomic E-state index is 10.9. The van der Waals surface area contributed by atoms with Gasteiger partial charge in [-0.05, 0) is 12.1 Å². The number of aromatic nitrogens is 1. The van der Waals surface area contributed by atoms with Crippen molar-refractivity contribution in [2.75, 3.05) is 18.0 Å². The Balaban J connectivity index is 2.09. The number of carbonyl (C=O) groups is 2. The fraction of sp³-hybridized carbons (Fsp3) is 0.300. The topological polar surface area (TPSA) is 96.5 Å². The van der Waals surface area contributed by atoms with E-state index >= 15 is 0 Å². The minimum atomic E-state index is -0.791. The molecule has 1 aliphatic rings. The SMILES string of the molecule is NC(=O)c1cc(N2CC(C(=O)O)C2)ccn1. The van der Waals surface area contributed by atoms with Crippen LogP contribution in [-0.2, 0) is 4.79 Å². The Morgan fingerprint density at radius 1 is 1.50 bits per heavy atom. The van der Waals surface area contributed by atoms with Gasteiger partial charge in [-0.1, -0.05) is 0 Å². The number of hydrogen-bond acceptors (Lipinski definition) is 4. The number of hydrogen-bond donors (Lipinski definition) is 2. The number of nitrogens with two attached hydrogens (primary N) is 1. The van der Waals surface area contributed by atoms with Gasteiger partial charge in [-0.3, -0.25) is 14.6 Å². The molecule has 1 amide bonds. The molecule has 1 fully saturated rings. The lowest BCUT2D eigenvalue weighted by molar-refractivity contribution is -0.142. The zero-order chi connectivity index (χ0) is 11.7. The van der Waals surface area contributed by atoms with Gasteiger partial charge in [-0.15, -0.1) is 0 Å². The van der Waals surface area contributed by atoms with Gasteiger partial charge < -0.3 is 15.7 Å². The Hall–Kier alpha value is -2.11. The molecule has 0 bridgehead atoms. The molecule has 0 radical (unpaired) electrons. The van der Waals surface area contributed by atoms with Crippen LogP contribution in [0.4, 0.5) is 5.69 Å². The maximum absolute atomic E-state index is 10.9. The van der Waals surface area contributed by atoms with Crippen LogP contribution in [0, 0.1) is 5.92 Å². The van der Waals surface area contributed by atoms with E-state index in [1.807, 2.05) is 4.90 Å². The van der Waals surface area contributed by atoms with E-state index in [1.54, 1.807) is 12.1 Å². The molecule has 1 aromatic heterocycles. The van der Waals surface area contributed by atoms with E-state index in [0.717, 1.165) is 5.69 Å². The van der Waals surface area contributed by atoms with Gasteiger partial charge in [0.2, 0.25) is 0 Å². The van der Waals surface area contributed by atoms with Gasteiger partial charge in [0.05, 0.1) is 5.92 Å². The molecule has 6 heteroatoms. The molecule has 0 aromatic carbocycles. The molecule has 84 valence electrons. The molecule has 2 rings (SSSR count). The third kappa shape index (κ3) is 1.81. The number of amides is 1. The fourth-order valence-corrected chi connectivity index (χ4v) is 1.60. The Labute approximate surface area is 91.7 Å². The minimum Gasteiger partial charge on any atom is -0.481 e. The van der Waals surface area contributed by atoms with E-state index in [0.29, 0.717) is 13.1 Å². The van der Waals surface area contributed by atoms with E-state index < -0.39 is 11.9 Å². The number of rotatable bonds is 3. The van der Waals surface area contributed by atoms with Crippen LogP contribution in [0.15, 0.2) is 18.3 Å². The van der Waals surface area contributed by atoms with Crippen molar-refractivity contribution in [3.8, 4) is 0 Å². The van der Waals surface area contributed by atoms with Crippen LogP contribution in [0.5, 0.6) is 0 Å². The third-order valence-corrected chi connectivity index (χ3v) is 2.59. The van der Waals surface area contributed by atoms with E-state index in [1.165, 1.54) is 6.20 Å². The number of carboxylic acid groups (broad SMARTS) is 1. The van der Waals surface area contributed by atoms with Gasteiger partial charge in [0, 0.05) is 25.0 Å². The minimum absolute atomic E-state index is 0.191. The highest BCUT2D eigenvalue weighted by Gasteiger charge is 2.32. The lowest BCUT2D eigenvalue weighted by atomic mass is 10.00. The van der Waals surface area contributed by atoms with Gasteiger partial charge in [0.25, 0.3) is 5.91 Å². The van der Waals surface area contributed by atoms with Crippen molar-refractivity contribution in [3.05, 3.63) is 24.0 Å². The van der Waals surface area contributed by atoms with Crippen molar-refractivity contribution < 1.29 is 14.7 Å². The van der Waals surface area contributed by atoms with Crippen LogP contribution >= 0.6 is 0 Å². The zero-order valence-corrected chi connectivity index (χ0v) is 8.46. The predicted octanol–water partition coefficient (Wildman–Crippen LogP) is -0.299. The second kappa shape index (κ2) is 3.80. The molecule has 0 saturated carbocycles. The van der Waals surface area contributed by atoms with Gasteiger partial charge in [0.1, 0.15) is 5.69 Å². The first-order chi connectivity index (χ1) is 7.58. The number of pyridine rings is 1. The summed E-state index contributed by atoms with van der Waals surface area (Å²) in [7, 11) is 0. The molecule has 1 saturated heterocycles. The number of carboxylic acids is 1. The highest BCUT2D eigenvalue weighted by Crippen LogP contribution is 2.24. The first-order valence-corrected chi connectivity index (χ1v) is 4.81.